The molecule has 2 rings (SSSR count). The van der Waals surface area contributed by atoms with Crippen LogP contribution in [0.15, 0.2) is 59.6 Å². The highest BCUT2D eigenvalue weighted by Crippen LogP contribution is 2.29. The first-order valence-corrected chi connectivity index (χ1v) is 9.30. The van der Waals surface area contributed by atoms with Crippen molar-refractivity contribution in [1.29, 1.82) is 0 Å². The molecule has 5 nitrogen and oxygen atoms in total. The minimum atomic E-state index is -4.32. The standard InChI is InChI=1S/C21H25F3N4O.HI/c1-25-20(26-13-11-16-7-9-18(10-8-16)21(22,23)24)27-14-12-19(29)28-15-17-5-3-2-4-6-17;/h2-10H,11-15H2,1H3,(H,28,29)(H2,25,26,27);1H. The Morgan fingerprint density at radius 1 is 0.900 bits per heavy atom. The zero-order valence-electron chi connectivity index (χ0n) is 16.6. The predicted molar refractivity (Wildman–Crippen MR) is 123 cm³/mol. The molecule has 0 aliphatic carbocycles. The van der Waals surface area contributed by atoms with Crippen molar-refractivity contribution >= 4 is 35.8 Å². The van der Waals surface area contributed by atoms with Gasteiger partial charge in [-0.1, -0.05) is 42.5 Å². The van der Waals surface area contributed by atoms with E-state index in [9.17, 15) is 18.0 Å². The van der Waals surface area contributed by atoms with E-state index >= 15 is 0 Å². The highest BCUT2D eigenvalue weighted by Gasteiger charge is 2.29. The summed E-state index contributed by atoms with van der Waals surface area (Å²) in [5.41, 5.74) is 1.17. The molecule has 30 heavy (non-hydrogen) atoms. The second-order valence-electron chi connectivity index (χ2n) is 6.38. The molecule has 2 aromatic rings. The molecular formula is C21H26F3IN4O. The molecule has 0 unspecified atom stereocenters. The van der Waals surface area contributed by atoms with Crippen molar-refractivity contribution in [3.63, 3.8) is 0 Å². The fourth-order valence-electron chi connectivity index (χ4n) is 2.59. The Hall–Kier alpha value is -2.30. The molecule has 1 amide bonds. The van der Waals surface area contributed by atoms with Crippen LogP contribution in [0.1, 0.15) is 23.1 Å². The van der Waals surface area contributed by atoms with Crippen molar-refractivity contribution in [3.8, 4) is 0 Å². The van der Waals surface area contributed by atoms with E-state index in [0.717, 1.165) is 23.3 Å². The number of nitrogens with one attached hydrogen (secondary N) is 3. The van der Waals surface area contributed by atoms with Gasteiger partial charge in [0, 0.05) is 33.1 Å². The molecule has 0 radical (unpaired) electrons. The number of benzene rings is 2. The third kappa shape index (κ3) is 9.47. The number of rotatable bonds is 8. The first kappa shape index (κ1) is 25.7. The minimum Gasteiger partial charge on any atom is -0.356 e. The van der Waals surface area contributed by atoms with Crippen LogP contribution in [0, 0.1) is 0 Å². The maximum absolute atomic E-state index is 12.6. The van der Waals surface area contributed by atoms with E-state index in [1.54, 1.807) is 7.05 Å². The van der Waals surface area contributed by atoms with Crippen molar-refractivity contribution in [3.05, 3.63) is 71.3 Å². The summed E-state index contributed by atoms with van der Waals surface area (Å²) in [6, 6.07) is 14.8. The van der Waals surface area contributed by atoms with E-state index in [0.29, 0.717) is 38.4 Å². The van der Waals surface area contributed by atoms with Gasteiger partial charge in [0.25, 0.3) is 0 Å². The third-order valence-corrected chi connectivity index (χ3v) is 4.19. The SMILES string of the molecule is CN=C(NCCC(=O)NCc1ccccc1)NCCc1ccc(C(F)(F)F)cc1.I. The second-order valence-corrected chi connectivity index (χ2v) is 6.38. The van der Waals surface area contributed by atoms with Gasteiger partial charge >= 0.3 is 6.18 Å². The van der Waals surface area contributed by atoms with Gasteiger partial charge in [-0.3, -0.25) is 9.79 Å². The Morgan fingerprint density at radius 3 is 2.13 bits per heavy atom. The van der Waals surface area contributed by atoms with E-state index in [4.69, 9.17) is 0 Å². The molecule has 2 aromatic carbocycles. The van der Waals surface area contributed by atoms with Gasteiger partial charge in [0.2, 0.25) is 5.91 Å². The van der Waals surface area contributed by atoms with Gasteiger partial charge in [-0.2, -0.15) is 13.2 Å². The number of amides is 1. The summed E-state index contributed by atoms with van der Waals surface area (Å²) < 4.78 is 37.7. The number of carbonyl (C=O) groups is 1. The predicted octanol–water partition coefficient (Wildman–Crippen LogP) is 3.74. The fourth-order valence-corrected chi connectivity index (χ4v) is 2.59. The number of carbonyl (C=O) groups excluding carboxylic acids is 1. The molecule has 164 valence electrons. The monoisotopic (exact) mass is 534 g/mol. The van der Waals surface area contributed by atoms with Crippen molar-refractivity contribution in [1.82, 2.24) is 16.0 Å². The molecule has 0 bridgehead atoms. The molecule has 0 aromatic heterocycles. The van der Waals surface area contributed by atoms with E-state index in [1.165, 1.54) is 12.1 Å². The van der Waals surface area contributed by atoms with Crippen molar-refractivity contribution in [2.75, 3.05) is 20.1 Å². The van der Waals surface area contributed by atoms with Gasteiger partial charge in [0.15, 0.2) is 5.96 Å². The summed E-state index contributed by atoms with van der Waals surface area (Å²) in [6.07, 6.45) is -3.47. The van der Waals surface area contributed by atoms with Crippen LogP contribution < -0.4 is 16.0 Å². The smallest absolute Gasteiger partial charge is 0.356 e. The van der Waals surface area contributed by atoms with Crippen molar-refractivity contribution in [2.45, 2.75) is 25.6 Å². The zero-order valence-corrected chi connectivity index (χ0v) is 19.0. The van der Waals surface area contributed by atoms with Crippen LogP contribution in [0.4, 0.5) is 13.2 Å². The van der Waals surface area contributed by atoms with Crippen LogP contribution in [0.25, 0.3) is 0 Å². The quantitative estimate of drug-likeness (QED) is 0.275. The number of guanidine groups is 1. The van der Waals surface area contributed by atoms with Crippen LogP contribution >= 0.6 is 24.0 Å². The molecule has 0 saturated heterocycles. The van der Waals surface area contributed by atoms with Crippen molar-refractivity contribution in [2.24, 2.45) is 4.99 Å². The number of alkyl halides is 3. The van der Waals surface area contributed by atoms with E-state index in [-0.39, 0.29) is 29.9 Å². The van der Waals surface area contributed by atoms with E-state index in [2.05, 4.69) is 20.9 Å². The van der Waals surface area contributed by atoms with Crippen LogP contribution in [-0.2, 0) is 23.9 Å². The average molecular weight is 534 g/mol. The lowest BCUT2D eigenvalue weighted by Gasteiger charge is -2.12. The Bertz CT molecular complexity index is 796. The highest BCUT2D eigenvalue weighted by atomic mass is 127. The number of hydrogen-bond donors (Lipinski definition) is 3. The highest BCUT2D eigenvalue weighted by molar-refractivity contribution is 14.0. The van der Waals surface area contributed by atoms with Gasteiger partial charge < -0.3 is 16.0 Å². The van der Waals surface area contributed by atoms with Crippen LogP contribution in [0.3, 0.4) is 0 Å². The minimum absolute atomic E-state index is 0. The lowest BCUT2D eigenvalue weighted by atomic mass is 10.1. The lowest BCUT2D eigenvalue weighted by molar-refractivity contribution is -0.137. The van der Waals surface area contributed by atoms with E-state index < -0.39 is 11.7 Å². The van der Waals surface area contributed by atoms with Gasteiger partial charge in [-0.15, -0.1) is 24.0 Å². The topological polar surface area (TPSA) is 65.5 Å². The molecule has 0 spiro atoms. The molecule has 0 heterocycles. The number of aliphatic imine (C=N–C) groups is 1. The summed E-state index contributed by atoms with van der Waals surface area (Å²) in [6.45, 7) is 1.41. The molecule has 9 heteroatoms. The Morgan fingerprint density at radius 2 is 1.53 bits per heavy atom. The van der Waals surface area contributed by atoms with Gasteiger partial charge in [-0.25, -0.2) is 0 Å². The van der Waals surface area contributed by atoms with E-state index in [1.807, 2.05) is 30.3 Å². The average Bonchev–Trinajstić information content (AvgIpc) is 2.71. The normalized spacial score (nSPS) is 11.4. The third-order valence-electron chi connectivity index (χ3n) is 4.19. The molecule has 0 atom stereocenters. The van der Waals surface area contributed by atoms with Gasteiger partial charge in [-0.05, 0) is 29.7 Å². The number of hydrogen-bond acceptors (Lipinski definition) is 2. The summed E-state index contributed by atoms with van der Waals surface area (Å²) >= 11 is 0. The molecule has 0 saturated carbocycles. The summed E-state index contributed by atoms with van der Waals surface area (Å²) in [4.78, 5) is 16.0. The first-order chi connectivity index (χ1) is 13.9. The number of halogens is 4. The summed E-state index contributed by atoms with van der Waals surface area (Å²) in [7, 11) is 1.61. The Labute approximate surface area is 191 Å². The van der Waals surface area contributed by atoms with Crippen LogP contribution in [0.2, 0.25) is 0 Å². The summed E-state index contributed by atoms with van der Waals surface area (Å²) in [5, 5.41) is 8.97. The Balaban J connectivity index is 0.00000450. The molecule has 3 N–H and O–H groups in total. The van der Waals surface area contributed by atoms with Crippen LogP contribution in [-0.4, -0.2) is 32.0 Å². The molecule has 0 fully saturated rings. The maximum atomic E-state index is 12.6. The molecule has 0 aliphatic rings. The molecule has 0 aliphatic heterocycles. The fraction of sp³-hybridized carbons (Fsp3) is 0.333. The summed E-state index contributed by atoms with van der Waals surface area (Å²) in [5.74, 6) is 0.467. The second kappa shape index (κ2) is 13.1. The van der Waals surface area contributed by atoms with Crippen molar-refractivity contribution < 1.29 is 18.0 Å². The zero-order chi connectivity index (χ0) is 21.1. The largest absolute Gasteiger partial charge is 0.416 e. The lowest BCUT2D eigenvalue weighted by Crippen LogP contribution is -2.40. The maximum Gasteiger partial charge on any atom is 0.416 e. The number of nitrogens with zero attached hydrogens (tertiary/aromatic N) is 1. The van der Waals surface area contributed by atoms with Gasteiger partial charge in [0.1, 0.15) is 0 Å². The first-order valence-electron chi connectivity index (χ1n) is 9.30. The Kier molecular flexibility index (Phi) is 11.2. The van der Waals surface area contributed by atoms with Crippen LogP contribution in [0.5, 0.6) is 0 Å². The molecular weight excluding hydrogens is 508 g/mol. The van der Waals surface area contributed by atoms with Gasteiger partial charge in [0.05, 0.1) is 5.56 Å².